The second kappa shape index (κ2) is 9.88. The molecule has 1 N–H and O–H groups in total. The molecule has 2 aromatic rings. The van der Waals surface area contributed by atoms with Gasteiger partial charge in [0, 0.05) is 24.9 Å². The third kappa shape index (κ3) is 5.36. The summed E-state index contributed by atoms with van der Waals surface area (Å²) in [7, 11) is 0. The van der Waals surface area contributed by atoms with Crippen LogP contribution >= 0.6 is 11.8 Å². The Kier molecular flexibility index (Phi) is 7.26. The Balaban J connectivity index is 1.81. The smallest absolute Gasteiger partial charge is 0.396 e. The van der Waals surface area contributed by atoms with Crippen LogP contribution in [0.3, 0.4) is 0 Å². The second-order valence-corrected chi connectivity index (χ2v) is 8.22. The average molecular weight is 423 g/mol. The molecule has 3 heterocycles. The molecule has 0 bridgehead atoms. The monoisotopic (exact) mass is 422 g/mol. The van der Waals surface area contributed by atoms with Crippen molar-refractivity contribution in [2.75, 3.05) is 44.4 Å². The van der Waals surface area contributed by atoms with Crippen molar-refractivity contribution in [2.24, 2.45) is 0 Å². The lowest BCUT2D eigenvalue weighted by Gasteiger charge is -2.28. The normalized spacial score (nSPS) is 14.4. The zero-order chi connectivity index (χ0) is 20.8. The number of nitrogens with zero attached hydrogens (tertiary/aromatic N) is 5. The van der Waals surface area contributed by atoms with E-state index in [9.17, 15) is 9.59 Å². The van der Waals surface area contributed by atoms with Crippen molar-refractivity contribution < 1.29 is 19.1 Å². The van der Waals surface area contributed by atoms with Crippen LogP contribution in [0.15, 0.2) is 11.4 Å². The van der Waals surface area contributed by atoms with Crippen molar-refractivity contribution in [1.29, 1.82) is 0 Å². The topological polar surface area (TPSA) is 111 Å². The van der Waals surface area contributed by atoms with Crippen LogP contribution in [0, 0.1) is 0 Å². The quantitative estimate of drug-likeness (QED) is 0.300. The molecular weight excluding hydrogens is 396 g/mol. The number of amides is 1. The molecule has 29 heavy (non-hydrogen) atoms. The van der Waals surface area contributed by atoms with Gasteiger partial charge in [0.15, 0.2) is 10.8 Å². The molecule has 1 fully saturated rings. The lowest BCUT2D eigenvalue weighted by molar-refractivity contribution is -0.154. The summed E-state index contributed by atoms with van der Waals surface area (Å²) in [6, 6.07) is 0. The SMILES string of the molecule is CCOC(=O)C(=O)NCCn1ncc2c(N3CCOCC3)nc(SC(C)C)nc21. The van der Waals surface area contributed by atoms with E-state index in [0.717, 1.165) is 24.3 Å². The highest BCUT2D eigenvalue weighted by molar-refractivity contribution is 7.99. The number of fused-ring (bicyclic) bond motifs is 1. The fourth-order valence-corrected chi connectivity index (χ4v) is 3.61. The molecule has 0 radical (unpaired) electrons. The van der Waals surface area contributed by atoms with E-state index in [-0.39, 0.29) is 13.2 Å². The maximum Gasteiger partial charge on any atom is 0.396 e. The molecule has 158 valence electrons. The summed E-state index contributed by atoms with van der Waals surface area (Å²) in [5.74, 6) is -0.795. The fraction of sp³-hybridized carbons (Fsp3) is 0.611. The number of nitrogens with one attached hydrogen (secondary N) is 1. The minimum absolute atomic E-state index is 0.160. The number of morpholine rings is 1. The van der Waals surface area contributed by atoms with Gasteiger partial charge in [-0.1, -0.05) is 25.6 Å². The number of aromatic nitrogens is 4. The first-order chi connectivity index (χ1) is 14.0. The van der Waals surface area contributed by atoms with Gasteiger partial charge in [-0.25, -0.2) is 19.4 Å². The molecule has 0 aliphatic carbocycles. The Morgan fingerprint density at radius 3 is 2.76 bits per heavy atom. The maximum atomic E-state index is 11.7. The number of hydrogen-bond acceptors (Lipinski definition) is 9. The van der Waals surface area contributed by atoms with E-state index in [4.69, 9.17) is 9.72 Å². The van der Waals surface area contributed by atoms with Crippen LogP contribution in [0.4, 0.5) is 5.82 Å². The summed E-state index contributed by atoms with van der Waals surface area (Å²) < 4.78 is 11.9. The number of carbonyl (C=O) groups excluding carboxylic acids is 2. The van der Waals surface area contributed by atoms with Crippen LogP contribution in [-0.4, -0.2) is 76.3 Å². The number of esters is 1. The number of rotatable bonds is 7. The first-order valence-electron chi connectivity index (χ1n) is 9.67. The van der Waals surface area contributed by atoms with Gasteiger partial charge in [-0.3, -0.25) is 4.79 Å². The van der Waals surface area contributed by atoms with Gasteiger partial charge in [0.1, 0.15) is 5.82 Å². The molecule has 1 saturated heterocycles. The molecule has 0 saturated carbocycles. The van der Waals surface area contributed by atoms with Crippen LogP contribution < -0.4 is 10.2 Å². The minimum atomic E-state index is -0.884. The first kappa shape index (κ1) is 21.3. The van der Waals surface area contributed by atoms with Crippen molar-refractivity contribution >= 4 is 40.5 Å². The lowest BCUT2D eigenvalue weighted by atomic mass is 10.3. The summed E-state index contributed by atoms with van der Waals surface area (Å²) >= 11 is 1.59. The van der Waals surface area contributed by atoms with E-state index in [2.05, 4.69) is 38.9 Å². The van der Waals surface area contributed by atoms with Crippen molar-refractivity contribution in [2.45, 2.75) is 37.7 Å². The molecule has 1 amide bonds. The Labute approximate surface area is 173 Å². The maximum absolute atomic E-state index is 11.7. The standard InChI is InChI=1S/C18H26N6O4S/c1-4-28-17(26)16(25)19-5-6-24-15-13(11-20-24)14(23-7-9-27-10-8-23)21-18(22-15)29-12(2)3/h11-12H,4-10H2,1-3H3,(H,19,25). The largest absolute Gasteiger partial charge is 0.459 e. The highest BCUT2D eigenvalue weighted by atomic mass is 32.2. The Hall–Kier alpha value is -2.40. The molecule has 3 rings (SSSR count). The van der Waals surface area contributed by atoms with Gasteiger partial charge in [-0.15, -0.1) is 0 Å². The van der Waals surface area contributed by atoms with Gasteiger partial charge in [-0.2, -0.15) is 5.10 Å². The first-order valence-corrected chi connectivity index (χ1v) is 10.6. The Morgan fingerprint density at radius 1 is 1.31 bits per heavy atom. The zero-order valence-corrected chi connectivity index (χ0v) is 17.7. The zero-order valence-electron chi connectivity index (χ0n) is 16.9. The van der Waals surface area contributed by atoms with Gasteiger partial charge in [-0.05, 0) is 6.92 Å². The third-order valence-electron chi connectivity index (χ3n) is 4.18. The lowest BCUT2D eigenvalue weighted by Crippen LogP contribution is -2.37. The molecule has 1 aliphatic rings. The Bertz CT molecular complexity index is 865. The molecule has 1 aliphatic heterocycles. The van der Waals surface area contributed by atoms with Crippen LogP contribution in [0.1, 0.15) is 20.8 Å². The number of hydrogen-bond donors (Lipinski definition) is 1. The number of carbonyl (C=O) groups is 2. The predicted octanol–water partition coefficient (Wildman–Crippen LogP) is 0.843. The highest BCUT2D eigenvalue weighted by Crippen LogP contribution is 2.29. The Morgan fingerprint density at radius 2 is 2.07 bits per heavy atom. The summed E-state index contributed by atoms with van der Waals surface area (Å²) in [6.45, 7) is 9.45. The van der Waals surface area contributed by atoms with Crippen LogP contribution in [-0.2, 0) is 25.6 Å². The van der Waals surface area contributed by atoms with E-state index < -0.39 is 11.9 Å². The molecule has 0 aromatic carbocycles. The van der Waals surface area contributed by atoms with Gasteiger partial charge in [0.05, 0.1) is 37.9 Å². The third-order valence-corrected chi connectivity index (χ3v) is 5.04. The molecular formula is C18H26N6O4S. The van der Waals surface area contributed by atoms with Crippen LogP contribution in [0.2, 0.25) is 0 Å². The van der Waals surface area contributed by atoms with Gasteiger partial charge in [0.2, 0.25) is 0 Å². The van der Waals surface area contributed by atoms with Crippen molar-refractivity contribution in [3.05, 3.63) is 6.20 Å². The number of thioether (sulfide) groups is 1. The fourth-order valence-electron chi connectivity index (χ4n) is 2.91. The van der Waals surface area contributed by atoms with Crippen molar-refractivity contribution in [3.63, 3.8) is 0 Å². The van der Waals surface area contributed by atoms with Crippen molar-refractivity contribution in [3.8, 4) is 0 Å². The van der Waals surface area contributed by atoms with E-state index in [1.165, 1.54) is 0 Å². The van der Waals surface area contributed by atoms with Gasteiger partial charge >= 0.3 is 11.9 Å². The van der Waals surface area contributed by atoms with Gasteiger partial charge in [0.25, 0.3) is 0 Å². The summed E-state index contributed by atoms with van der Waals surface area (Å²) in [5, 5.41) is 8.86. The van der Waals surface area contributed by atoms with Crippen molar-refractivity contribution in [1.82, 2.24) is 25.1 Å². The van der Waals surface area contributed by atoms with E-state index >= 15 is 0 Å². The average Bonchev–Trinajstić information content (AvgIpc) is 3.10. The molecule has 0 spiro atoms. The highest BCUT2D eigenvalue weighted by Gasteiger charge is 2.21. The van der Waals surface area contributed by atoms with Gasteiger partial charge < -0.3 is 19.7 Å². The number of anilines is 1. The summed E-state index contributed by atoms with van der Waals surface area (Å²) in [4.78, 5) is 34.8. The predicted molar refractivity (Wildman–Crippen MR) is 109 cm³/mol. The second-order valence-electron chi connectivity index (χ2n) is 6.68. The molecule has 11 heteroatoms. The summed E-state index contributed by atoms with van der Waals surface area (Å²) in [5.41, 5.74) is 0.704. The van der Waals surface area contributed by atoms with Crippen LogP contribution in [0.25, 0.3) is 11.0 Å². The minimum Gasteiger partial charge on any atom is -0.459 e. The van der Waals surface area contributed by atoms with E-state index in [0.29, 0.717) is 35.8 Å². The molecule has 0 unspecified atom stereocenters. The number of ether oxygens (including phenoxy) is 2. The molecule has 10 nitrogen and oxygen atoms in total. The summed E-state index contributed by atoms with van der Waals surface area (Å²) in [6.07, 6.45) is 1.75. The molecule has 2 aromatic heterocycles. The van der Waals surface area contributed by atoms with E-state index in [1.807, 2.05) is 0 Å². The van der Waals surface area contributed by atoms with Crippen LogP contribution in [0.5, 0.6) is 0 Å². The van der Waals surface area contributed by atoms with E-state index in [1.54, 1.807) is 29.6 Å². The molecule has 0 atom stereocenters.